The maximum Gasteiger partial charge on any atom is 0.0579 e. The Morgan fingerprint density at radius 2 is 1.94 bits per heavy atom. The summed E-state index contributed by atoms with van der Waals surface area (Å²) in [6, 6.07) is 6.52. The maximum absolute atomic E-state index is 6.05. The second-order valence-electron chi connectivity index (χ2n) is 4.57. The van der Waals surface area contributed by atoms with Crippen LogP contribution >= 0.6 is 0 Å². The highest BCUT2D eigenvalue weighted by molar-refractivity contribution is 5.69. The fraction of sp³-hybridized carbons (Fsp3) is 0.571. The second kappa shape index (κ2) is 6.50. The molecule has 0 aromatic heterocycles. The van der Waals surface area contributed by atoms with Gasteiger partial charge >= 0.3 is 0 Å². The van der Waals surface area contributed by atoms with Crippen LogP contribution in [0.15, 0.2) is 18.2 Å². The zero-order chi connectivity index (χ0) is 12.8. The van der Waals surface area contributed by atoms with Gasteiger partial charge in [-0.05, 0) is 38.6 Å². The Morgan fingerprint density at radius 1 is 1.29 bits per heavy atom. The van der Waals surface area contributed by atoms with Crippen molar-refractivity contribution in [3.63, 3.8) is 0 Å². The molecule has 0 saturated heterocycles. The van der Waals surface area contributed by atoms with Gasteiger partial charge in [0.2, 0.25) is 0 Å². The molecule has 0 radical (unpaired) electrons. The minimum absolute atomic E-state index is 0.402. The van der Waals surface area contributed by atoms with E-state index < -0.39 is 0 Å². The van der Waals surface area contributed by atoms with Crippen LogP contribution in [0.25, 0.3) is 0 Å². The standard InChI is InChI=1S/C14H25N3/c1-5-17(6-2)10-12(4)16-13-9-7-8-11(3)14(13)15/h7-9,12,16H,5-6,10,15H2,1-4H3. The topological polar surface area (TPSA) is 41.3 Å². The summed E-state index contributed by atoms with van der Waals surface area (Å²) in [5, 5.41) is 3.48. The first kappa shape index (κ1) is 13.8. The number of nitrogens with zero attached hydrogens (tertiary/aromatic N) is 1. The molecule has 1 unspecified atom stereocenters. The molecule has 0 fully saturated rings. The van der Waals surface area contributed by atoms with Crippen molar-refractivity contribution in [3.05, 3.63) is 23.8 Å². The molecule has 0 bridgehead atoms. The highest BCUT2D eigenvalue weighted by Crippen LogP contribution is 2.22. The molecular formula is C14H25N3. The quantitative estimate of drug-likeness (QED) is 0.745. The molecule has 0 saturated carbocycles. The summed E-state index contributed by atoms with van der Waals surface area (Å²) in [5.74, 6) is 0. The number of hydrogen-bond acceptors (Lipinski definition) is 3. The van der Waals surface area contributed by atoms with E-state index >= 15 is 0 Å². The summed E-state index contributed by atoms with van der Waals surface area (Å²) in [6.45, 7) is 11.8. The molecule has 3 N–H and O–H groups in total. The maximum atomic E-state index is 6.05. The highest BCUT2D eigenvalue weighted by Gasteiger charge is 2.09. The first-order valence-corrected chi connectivity index (χ1v) is 6.42. The van der Waals surface area contributed by atoms with Gasteiger partial charge in [-0.15, -0.1) is 0 Å². The van der Waals surface area contributed by atoms with Gasteiger partial charge in [-0.3, -0.25) is 0 Å². The van der Waals surface area contributed by atoms with Crippen LogP contribution < -0.4 is 11.1 Å². The Balaban J connectivity index is 2.61. The van der Waals surface area contributed by atoms with Crippen LogP contribution in [-0.2, 0) is 0 Å². The van der Waals surface area contributed by atoms with Gasteiger partial charge in [0.25, 0.3) is 0 Å². The van der Waals surface area contributed by atoms with Crippen LogP contribution in [0.1, 0.15) is 26.3 Å². The summed E-state index contributed by atoms with van der Waals surface area (Å²) in [4.78, 5) is 2.41. The minimum Gasteiger partial charge on any atom is -0.397 e. The third kappa shape index (κ3) is 3.93. The van der Waals surface area contributed by atoms with E-state index in [1.54, 1.807) is 0 Å². The van der Waals surface area contributed by atoms with Gasteiger partial charge < -0.3 is 16.0 Å². The lowest BCUT2D eigenvalue weighted by Gasteiger charge is -2.24. The molecule has 0 amide bonds. The first-order valence-electron chi connectivity index (χ1n) is 6.42. The Hall–Kier alpha value is -1.22. The molecule has 1 aromatic rings. The number of aryl methyl sites for hydroxylation is 1. The highest BCUT2D eigenvalue weighted by atomic mass is 15.1. The lowest BCUT2D eigenvalue weighted by molar-refractivity contribution is 0.295. The first-order chi connectivity index (χ1) is 8.08. The zero-order valence-electron chi connectivity index (χ0n) is 11.5. The number of anilines is 2. The smallest absolute Gasteiger partial charge is 0.0579 e. The number of likely N-dealkylation sites (N-methyl/N-ethyl adjacent to an activating group) is 1. The van der Waals surface area contributed by atoms with Crippen molar-refractivity contribution in [2.45, 2.75) is 33.7 Å². The molecule has 3 nitrogen and oxygen atoms in total. The Morgan fingerprint density at radius 3 is 2.53 bits per heavy atom. The largest absolute Gasteiger partial charge is 0.397 e. The summed E-state index contributed by atoms with van der Waals surface area (Å²) in [7, 11) is 0. The Bertz CT molecular complexity index is 345. The van der Waals surface area contributed by atoms with Gasteiger partial charge in [-0.1, -0.05) is 26.0 Å². The molecule has 1 aromatic carbocycles. The van der Waals surface area contributed by atoms with Gasteiger partial charge in [-0.2, -0.15) is 0 Å². The lowest BCUT2D eigenvalue weighted by atomic mass is 10.1. The normalized spacial score (nSPS) is 12.8. The molecule has 0 aliphatic heterocycles. The number of nitrogens with one attached hydrogen (secondary N) is 1. The third-order valence-corrected chi connectivity index (χ3v) is 3.15. The van der Waals surface area contributed by atoms with E-state index in [4.69, 9.17) is 5.73 Å². The summed E-state index contributed by atoms with van der Waals surface area (Å²) < 4.78 is 0. The van der Waals surface area contributed by atoms with Crippen LogP contribution in [0.2, 0.25) is 0 Å². The van der Waals surface area contributed by atoms with E-state index in [0.29, 0.717) is 6.04 Å². The minimum atomic E-state index is 0.402. The van der Waals surface area contributed by atoms with E-state index in [-0.39, 0.29) is 0 Å². The van der Waals surface area contributed by atoms with Crippen LogP contribution in [0.4, 0.5) is 11.4 Å². The average Bonchev–Trinajstić information content (AvgIpc) is 2.32. The number of nitrogen functional groups attached to an aromatic ring is 1. The molecule has 0 spiro atoms. The number of para-hydroxylation sites is 1. The predicted octanol–water partition coefficient (Wildman–Crippen LogP) is 2.72. The van der Waals surface area contributed by atoms with Gasteiger partial charge in [-0.25, -0.2) is 0 Å². The van der Waals surface area contributed by atoms with E-state index in [9.17, 15) is 0 Å². The van der Waals surface area contributed by atoms with E-state index in [1.165, 1.54) is 0 Å². The van der Waals surface area contributed by atoms with E-state index in [2.05, 4.69) is 31.0 Å². The van der Waals surface area contributed by atoms with Crippen LogP contribution in [0.5, 0.6) is 0 Å². The summed E-state index contributed by atoms with van der Waals surface area (Å²) in [5.41, 5.74) is 9.09. The summed E-state index contributed by atoms with van der Waals surface area (Å²) >= 11 is 0. The van der Waals surface area contributed by atoms with Crippen molar-refractivity contribution in [3.8, 4) is 0 Å². The van der Waals surface area contributed by atoms with Crippen molar-refractivity contribution >= 4 is 11.4 Å². The van der Waals surface area contributed by atoms with Crippen LogP contribution in [0.3, 0.4) is 0 Å². The average molecular weight is 235 g/mol. The number of nitrogens with two attached hydrogens (primary N) is 1. The lowest BCUT2D eigenvalue weighted by Crippen LogP contribution is -2.34. The molecule has 0 aliphatic rings. The van der Waals surface area contributed by atoms with Crippen LogP contribution in [-0.4, -0.2) is 30.6 Å². The van der Waals surface area contributed by atoms with Crippen molar-refractivity contribution in [1.82, 2.24) is 4.90 Å². The number of hydrogen-bond donors (Lipinski definition) is 2. The molecule has 1 atom stereocenters. The Labute approximate surface area is 105 Å². The molecule has 3 heteroatoms. The molecule has 0 aliphatic carbocycles. The number of benzene rings is 1. The molecule has 1 rings (SSSR count). The second-order valence-corrected chi connectivity index (χ2v) is 4.57. The molecular weight excluding hydrogens is 210 g/mol. The fourth-order valence-electron chi connectivity index (χ4n) is 1.99. The van der Waals surface area contributed by atoms with Crippen LogP contribution in [0, 0.1) is 6.92 Å². The van der Waals surface area contributed by atoms with Crippen molar-refractivity contribution in [2.24, 2.45) is 0 Å². The molecule has 17 heavy (non-hydrogen) atoms. The SMILES string of the molecule is CCN(CC)CC(C)Nc1cccc(C)c1N. The monoisotopic (exact) mass is 235 g/mol. The molecule has 0 heterocycles. The zero-order valence-corrected chi connectivity index (χ0v) is 11.5. The van der Waals surface area contributed by atoms with Gasteiger partial charge in [0.05, 0.1) is 11.4 Å². The Kier molecular flexibility index (Phi) is 5.29. The molecule has 96 valence electrons. The van der Waals surface area contributed by atoms with Crippen molar-refractivity contribution in [2.75, 3.05) is 30.7 Å². The van der Waals surface area contributed by atoms with Crippen molar-refractivity contribution in [1.29, 1.82) is 0 Å². The van der Waals surface area contributed by atoms with Crippen molar-refractivity contribution < 1.29 is 0 Å². The van der Waals surface area contributed by atoms with Gasteiger partial charge in [0.15, 0.2) is 0 Å². The predicted molar refractivity (Wildman–Crippen MR) is 76.5 cm³/mol. The number of rotatable bonds is 6. The van der Waals surface area contributed by atoms with E-state index in [0.717, 1.165) is 36.6 Å². The third-order valence-electron chi connectivity index (χ3n) is 3.15. The van der Waals surface area contributed by atoms with Gasteiger partial charge in [0, 0.05) is 12.6 Å². The van der Waals surface area contributed by atoms with Gasteiger partial charge in [0.1, 0.15) is 0 Å². The fourth-order valence-corrected chi connectivity index (χ4v) is 1.99. The summed E-state index contributed by atoms with van der Waals surface area (Å²) in [6.07, 6.45) is 0. The van der Waals surface area contributed by atoms with E-state index in [1.807, 2.05) is 25.1 Å².